The molecule has 1 aromatic heterocycles. The number of carboxylic acids is 1. The van der Waals surface area contributed by atoms with Crippen LogP contribution in [0.5, 0.6) is 0 Å². The summed E-state index contributed by atoms with van der Waals surface area (Å²) in [5.74, 6) is -0.710. The normalized spacial score (nSPS) is 12.4. The highest BCUT2D eigenvalue weighted by Gasteiger charge is 2.18. The molecule has 88 valence electrons. The molecule has 1 atom stereocenters. The third-order valence-corrected chi connectivity index (χ3v) is 3.23. The van der Waals surface area contributed by atoms with E-state index in [0.29, 0.717) is 5.76 Å². The van der Waals surface area contributed by atoms with Crippen molar-refractivity contribution in [3.8, 4) is 0 Å². The fourth-order valence-corrected chi connectivity index (χ4v) is 2.06. The second kappa shape index (κ2) is 4.93. The Bertz CT molecular complexity index is 555. The van der Waals surface area contributed by atoms with Gasteiger partial charge in [0, 0.05) is 10.5 Å². The van der Waals surface area contributed by atoms with Crippen molar-refractivity contribution in [1.29, 1.82) is 0 Å². The Hall–Kier alpha value is -1.27. The Balaban J connectivity index is 2.30. The van der Waals surface area contributed by atoms with E-state index in [1.807, 2.05) is 24.3 Å². The van der Waals surface area contributed by atoms with Gasteiger partial charge >= 0.3 is 5.97 Å². The Morgan fingerprint density at radius 1 is 1.47 bits per heavy atom. The maximum atomic E-state index is 10.7. The molecular weight excluding hydrogens is 306 g/mol. The number of aromatic nitrogens is 1. The van der Waals surface area contributed by atoms with Gasteiger partial charge in [-0.1, -0.05) is 33.2 Å². The molecule has 1 N–H and O–H groups in total. The van der Waals surface area contributed by atoms with Gasteiger partial charge in [-0.3, -0.25) is 0 Å². The molecule has 0 amide bonds. The van der Waals surface area contributed by atoms with Crippen molar-refractivity contribution < 1.29 is 14.4 Å². The molecule has 0 spiro atoms. The lowest BCUT2D eigenvalue weighted by atomic mass is 10.1. The minimum absolute atomic E-state index is 0.117. The largest absolute Gasteiger partial charge is 0.476 e. The first-order chi connectivity index (χ1) is 8.08. The van der Waals surface area contributed by atoms with Crippen LogP contribution >= 0.6 is 28.6 Å². The minimum Gasteiger partial charge on any atom is -0.476 e. The van der Waals surface area contributed by atoms with Gasteiger partial charge in [0.1, 0.15) is 0 Å². The highest BCUT2D eigenvalue weighted by molar-refractivity contribution is 9.10. The van der Waals surface area contributed by atoms with E-state index in [9.17, 15) is 4.79 Å². The summed E-state index contributed by atoms with van der Waals surface area (Å²) in [5, 5.41) is 11.8. The Morgan fingerprint density at radius 3 is 2.82 bits per heavy atom. The zero-order valence-corrected chi connectivity index (χ0v) is 11.0. The molecule has 17 heavy (non-hydrogen) atoms. The number of rotatable bonds is 3. The monoisotopic (exact) mass is 313 g/mol. The number of carbonyl (C=O) groups is 1. The molecule has 4 nitrogen and oxygen atoms in total. The van der Waals surface area contributed by atoms with E-state index in [1.165, 1.54) is 6.07 Å². The van der Waals surface area contributed by atoms with Crippen LogP contribution in [0.25, 0.3) is 0 Å². The summed E-state index contributed by atoms with van der Waals surface area (Å²) in [6.07, 6.45) is 0. The summed E-state index contributed by atoms with van der Waals surface area (Å²) in [6.45, 7) is 0. The number of hydrogen-bond acceptors (Lipinski definition) is 4. The van der Waals surface area contributed by atoms with Crippen LogP contribution in [-0.4, -0.2) is 16.2 Å². The molecule has 0 aliphatic rings. The first-order valence-electron chi connectivity index (χ1n) is 4.71. The lowest BCUT2D eigenvalue weighted by Gasteiger charge is -2.06. The van der Waals surface area contributed by atoms with E-state index >= 15 is 0 Å². The highest BCUT2D eigenvalue weighted by Crippen LogP contribution is 2.30. The molecule has 1 heterocycles. The fourth-order valence-electron chi connectivity index (χ4n) is 1.36. The van der Waals surface area contributed by atoms with Crippen LogP contribution in [0.3, 0.4) is 0 Å². The predicted octanol–water partition coefficient (Wildman–Crippen LogP) is 3.15. The number of benzene rings is 1. The van der Waals surface area contributed by atoms with Gasteiger partial charge in [-0.05, 0) is 17.7 Å². The van der Waals surface area contributed by atoms with E-state index in [1.54, 1.807) is 0 Å². The summed E-state index contributed by atoms with van der Waals surface area (Å²) < 4.78 is 5.88. The number of halogens is 1. The van der Waals surface area contributed by atoms with Crippen molar-refractivity contribution in [3.05, 3.63) is 51.8 Å². The van der Waals surface area contributed by atoms with Gasteiger partial charge in [-0.25, -0.2) is 4.79 Å². The lowest BCUT2D eigenvalue weighted by molar-refractivity contribution is 0.0685. The maximum absolute atomic E-state index is 10.7. The van der Waals surface area contributed by atoms with E-state index in [2.05, 4.69) is 33.7 Å². The van der Waals surface area contributed by atoms with Gasteiger partial charge < -0.3 is 9.63 Å². The van der Waals surface area contributed by atoms with E-state index in [0.717, 1.165) is 10.0 Å². The van der Waals surface area contributed by atoms with Crippen molar-refractivity contribution >= 4 is 34.5 Å². The van der Waals surface area contributed by atoms with Crippen LogP contribution < -0.4 is 0 Å². The van der Waals surface area contributed by atoms with E-state index in [-0.39, 0.29) is 10.9 Å². The Kier molecular flexibility index (Phi) is 3.54. The Labute approximate surface area is 111 Å². The van der Waals surface area contributed by atoms with Crippen molar-refractivity contribution in [2.24, 2.45) is 0 Å². The van der Waals surface area contributed by atoms with Crippen LogP contribution in [0, 0.1) is 0 Å². The van der Waals surface area contributed by atoms with Gasteiger partial charge in [0.25, 0.3) is 0 Å². The lowest BCUT2D eigenvalue weighted by Crippen LogP contribution is -1.95. The summed E-state index contributed by atoms with van der Waals surface area (Å²) >= 11 is 7.75. The molecule has 0 aliphatic carbocycles. The van der Waals surface area contributed by atoms with Crippen molar-refractivity contribution in [3.63, 3.8) is 0 Å². The highest BCUT2D eigenvalue weighted by atomic mass is 79.9. The van der Waals surface area contributed by atoms with Crippen LogP contribution in [0.1, 0.15) is 27.1 Å². The predicted molar refractivity (Wildman–Crippen MR) is 68.4 cm³/mol. The molecule has 0 radical (unpaired) electrons. The Morgan fingerprint density at radius 2 is 2.24 bits per heavy atom. The molecule has 1 aromatic carbocycles. The SMILES string of the molecule is O=C(O)c1cc(C(S)c2cccc(Br)c2)on1. The average molecular weight is 314 g/mol. The molecule has 2 aromatic rings. The number of thiol groups is 1. The van der Waals surface area contributed by atoms with Crippen molar-refractivity contribution in [2.75, 3.05) is 0 Å². The third-order valence-electron chi connectivity index (χ3n) is 2.18. The maximum Gasteiger partial charge on any atom is 0.358 e. The van der Waals surface area contributed by atoms with Crippen LogP contribution in [-0.2, 0) is 0 Å². The zero-order valence-electron chi connectivity index (χ0n) is 8.50. The van der Waals surface area contributed by atoms with Gasteiger partial charge in [-0.2, -0.15) is 12.6 Å². The van der Waals surface area contributed by atoms with E-state index < -0.39 is 5.97 Å². The van der Waals surface area contributed by atoms with E-state index in [4.69, 9.17) is 9.63 Å². The second-order valence-electron chi connectivity index (χ2n) is 3.38. The zero-order chi connectivity index (χ0) is 12.4. The minimum atomic E-state index is -1.12. The molecule has 0 fully saturated rings. The number of nitrogens with zero attached hydrogens (tertiary/aromatic N) is 1. The smallest absolute Gasteiger partial charge is 0.358 e. The second-order valence-corrected chi connectivity index (χ2v) is 4.81. The van der Waals surface area contributed by atoms with Gasteiger partial charge in [0.05, 0.1) is 5.25 Å². The molecule has 2 rings (SSSR count). The molecular formula is C11H8BrNO3S. The van der Waals surface area contributed by atoms with Crippen molar-refractivity contribution in [1.82, 2.24) is 5.16 Å². The quantitative estimate of drug-likeness (QED) is 0.854. The summed E-state index contributed by atoms with van der Waals surface area (Å²) in [6, 6.07) is 8.91. The topological polar surface area (TPSA) is 63.3 Å². The molecule has 0 aliphatic heterocycles. The van der Waals surface area contributed by atoms with Gasteiger partial charge in [0.15, 0.2) is 11.5 Å². The van der Waals surface area contributed by atoms with Gasteiger partial charge in [-0.15, -0.1) is 0 Å². The average Bonchev–Trinajstić information content (AvgIpc) is 2.77. The number of carboxylic acid groups (broad SMARTS) is 1. The number of aromatic carboxylic acids is 1. The van der Waals surface area contributed by atoms with Gasteiger partial charge in [0.2, 0.25) is 0 Å². The standard InChI is InChI=1S/C11H8BrNO3S/c12-7-3-1-2-6(4-7)10(17)9-5-8(11(14)15)13-16-9/h1-5,10,17H,(H,14,15). The molecule has 0 saturated heterocycles. The third kappa shape index (κ3) is 2.70. The van der Waals surface area contributed by atoms with Crippen molar-refractivity contribution in [2.45, 2.75) is 5.25 Å². The van der Waals surface area contributed by atoms with Crippen LogP contribution in [0.2, 0.25) is 0 Å². The molecule has 0 bridgehead atoms. The first-order valence-corrected chi connectivity index (χ1v) is 6.02. The first kappa shape index (κ1) is 12.2. The molecule has 0 saturated carbocycles. The molecule has 6 heteroatoms. The summed E-state index contributed by atoms with van der Waals surface area (Å²) in [5.41, 5.74) is 0.782. The fraction of sp³-hybridized carbons (Fsp3) is 0.0909. The summed E-state index contributed by atoms with van der Waals surface area (Å²) in [7, 11) is 0. The van der Waals surface area contributed by atoms with Crippen LogP contribution in [0.15, 0.2) is 39.3 Å². The number of hydrogen-bond donors (Lipinski definition) is 2. The molecule has 1 unspecified atom stereocenters. The van der Waals surface area contributed by atoms with Crippen LogP contribution in [0.4, 0.5) is 0 Å². The summed E-state index contributed by atoms with van der Waals surface area (Å²) in [4.78, 5) is 10.7.